The summed E-state index contributed by atoms with van der Waals surface area (Å²) in [4.78, 5) is 6.75. The number of piperidine rings is 1. The van der Waals surface area contributed by atoms with Gasteiger partial charge in [0, 0.05) is 24.7 Å². The van der Waals surface area contributed by atoms with Crippen LogP contribution in [-0.2, 0) is 0 Å². The van der Waals surface area contributed by atoms with Crippen LogP contribution in [0.15, 0.2) is 18.3 Å². The molecule has 1 aliphatic rings. The molecule has 0 radical (unpaired) electrons. The summed E-state index contributed by atoms with van der Waals surface area (Å²) in [5.74, 6) is 2.47. The van der Waals surface area contributed by atoms with E-state index in [0.29, 0.717) is 18.5 Å². The lowest BCUT2D eigenvalue weighted by Gasteiger charge is -2.36. The number of hydrogen-bond acceptors (Lipinski definition) is 3. The van der Waals surface area contributed by atoms with Crippen LogP contribution in [0.5, 0.6) is 5.75 Å². The van der Waals surface area contributed by atoms with Crippen molar-refractivity contribution in [2.75, 3.05) is 23.9 Å². The molecule has 1 aromatic heterocycles. The fourth-order valence-corrected chi connectivity index (χ4v) is 2.63. The second-order valence-electron chi connectivity index (χ2n) is 4.26. The number of aromatic nitrogens is 1. The molecule has 1 aromatic rings. The van der Waals surface area contributed by atoms with E-state index >= 15 is 0 Å². The van der Waals surface area contributed by atoms with Gasteiger partial charge in [-0.1, -0.05) is 0 Å². The van der Waals surface area contributed by atoms with Crippen molar-refractivity contribution in [3.63, 3.8) is 0 Å². The van der Waals surface area contributed by atoms with Crippen molar-refractivity contribution in [2.24, 2.45) is 0 Å². The Labute approximate surface area is 108 Å². The summed E-state index contributed by atoms with van der Waals surface area (Å²) in [6.45, 7) is 3.68. The molecule has 0 aromatic carbocycles. The molecule has 0 aliphatic carbocycles. The number of ether oxygens (including phenoxy) is 1. The summed E-state index contributed by atoms with van der Waals surface area (Å²) in [7, 11) is 0. The van der Waals surface area contributed by atoms with E-state index in [2.05, 4.69) is 9.88 Å². The van der Waals surface area contributed by atoms with Crippen molar-refractivity contribution in [1.82, 2.24) is 4.98 Å². The fraction of sp³-hybridized carbons (Fsp3) is 0.615. The van der Waals surface area contributed by atoms with Crippen LogP contribution in [0, 0.1) is 0 Å². The zero-order chi connectivity index (χ0) is 12.1. The van der Waals surface area contributed by atoms with Gasteiger partial charge in [-0.2, -0.15) is 0 Å². The van der Waals surface area contributed by atoms with E-state index in [1.165, 1.54) is 12.8 Å². The van der Waals surface area contributed by atoms with Crippen molar-refractivity contribution in [3.8, 4) is 5.75 Å². The van der Waals surface area contributed by atoms with Gasteiger partial charge < -0.3 is 9.64 Å². The third-order valence-electron chi connectivity index (χ3n) is 3.13. The van der Waals surface area contributed by atoms with Gasteiger partial charge in [0.1, 0.15) is 0 Å². The van der Waals surface area contributed by atoms with Crippen LogP contribution in [-0.4, -0.2) is 30.1 Å². The molecule has 0 spiro atoms. The number of nitrogens with zero attached hydrogens (tertiary/aromatic N) is 2. The molecule has 4 heteroatoms. The van der Waals surface area contributed by atoms with E-state index in [1.54, 1.807) is 0 Å². The van der Waals surface area contributed by atoms with Gasteiger partial charge in [0.2, 0.25) is 0 Å². The lowest BCUT2D eigenvalue weighted by atomic mass is 10.0. The lowest BCUT2D eigenvalue weighted by Crippen LogP contribution is -2.41. The summed E-state index contributed by atoms with van der Waals surface area (Å²) >= 11 is 6.04. The van der Waals surface area contributed by atoms with Gasteiger partial charge >= 0.3 is 0 Å². The molecule has 1 fully saturated rings. The van der Waals surface area contributed by atoms with Gasteiger partial charge in [-0.05, 0) is 38.3 Å². The number of rotatable bonds is 4. The van der Waals surface area contributed by atoms with E-state index in [0.717, 1.165) is 24.5 Å². The molecule has 0 amide bonds. The summed E-state index contributed by atoms with van der Waals surface area (Å²) in [6, 6.07) is 4.28. The Bertz CT molecular complexity index is 359. The van der Waals surface area contributed by atoms with E-state index in [1.807, 2.05) is 25.3 Å². The Kier molecular flexibility index (Phi) is 4.49. The van der Waals surface area contributed by atoms with E-state index < -0.39 is 0 Å². The van der Waals surface area contributed by atoms with Crippen LogP contribution in [0.3, 0.4) is 0 Å². The second-order valence-corrected chi connectivity index (χ2v) is 4.56. The predicted molar refractivity (Wildman–Crippen MR) is 71.1 cm³/mol. The molecular weight excluding hydrogens is 236 g/mol. The average Bonchev–Trinajstić information content (AvgIpc) is 2.40. The third-order valence-corrected chi connectivity index (χ3v) is 3.48. The van der Waals surface area contributed by atoms with E-state index in [4.69, 9.17) is 16.3 Å². The molecule has 0 bridgehead atoms. The van der Waals surface area contributed by atoms with Crippen molar-refractivity contribution in [3.05, 3.63) is 18.3 Å². The largest absolute Gasteiger partial charge is 0.490 e. The maximum Gasteiger partial charge on any atom is 0.171 e. The molecule has 0 saturated carbocycles. The standard InChI is InChI=1S/C13H19ClN2O/c1-2-17-12-7-5-8-15-13(12)16-9-4-3-6-11(16)10-14/h5,7-8,11H,2-4,6,9-10H2,1H3. The molecule has 1 saturated heterocycles. The minimum absolute atomic E-state index is 0.388. The highest BCUT2D eigenvalue weighted by molar-refractivity contribution is 6.18. The van der Waals surface area contributed by atoms with Crippen molar-refractivity contribution >= 4 is 17.4 Å². The summed E-state index contributed by atoms with van der Waals surface area (Å²) in [5.41, 5.74) is 0. The third kappa shape index (κ3) is 2.83. The maximum absolute atomic E-state index is 6.04. The second kappa shape index (κ2) is 6.10. The molecular formula is C13H19ClN2O. The molecule has 3 nitrogen and oxygen atoms in total. The minimum Gasteiger partial charge on any atom is -0.490 e. The Morgan fingerprint density at radius 3 is 3.18 bits per heavy atom. The minimum atomic E-state index is 0.388. The number of anilines is 1. The predicted octanol–water partition coefficient (Wildman–Crippen LogP) is 3.08. The first-order chi connectivity index (χ1) is 8.36. The number of pyridine rings is 1. The number of alkyl halides is 1. The average molecular weight is 255 g/mol. The highest BCUT2D eigenvalue weighted by Gasteiger charge is 2.24. The van der Waals surface area contributed by atoms with Gasteiger partial charge in [0.25, 0.3) is 0 Å². The summed E-state index contributed by atoms with van der Waals surface area (Å²) in [6.07, 6.45) is 5.42. The molecule has 1 unspecified atom stereocenters. The first-order valence-electron chi connectivity index (χ1n) is 6.27. The van der Waals surface area contributed by atoms with Gasteiger partial charge in [0.05, 0.1) is 6.61 Å². The first kappa shape index (κ1) is 12.5. The highest BCUT2D eigenvalue weighted by atomic mass is 35.5. The number of hydrogen-bond donors (Lipinski definition) is 0. The van der Waals surface area contributed by atoms with Crippen LogP contribution in [0.4, 0.5) is 5.82 Å². The van der Waals surface area contributed by atoms with E-state index in [-0.39, 0.29) is 0 Å². The normalized spacial score (nSPS) is 20.4. The first-order valence-corrected chi connectivity index (χ1v) is 6.80. The van der Waals surface area contributed by atoms with Crippen LogP contribution >= 0.6 is 11.6 Å². The van der Waals surface area contributed by atoms with Crippen LogP contribution in [0.1, 0.15) is 26.2 Å². The molecule has 1 aliphatic heterocycles. The van der Waals surface area contributed by atoms with Crippen LogP contribution in [0.25, 0.3) is 0 Å². The monoisotopic (exact) mass is 254 g/mol. The molecule has 2 heterocycles. The smallest absolute Gasteiger partial charge is 0.171 e. The molecule has 94 valence electrons. The summed E-state index contributed by atoms with van der Waals surface area (Å²) in [5, 5.41) is 0. The van der Waals surface area contributed by atoms with Crippen molar-refractivity contribution < 1.29 is 4.74 Å². The Balaban J connectivity index is 2.24. The van der Waals surface area contributed by atoms with E-state index in [9.17, 15) is 0 Å². The van der Waals surface area contributed by atoms with Gasteiger partial charge in [0.15, 0.2) is 11.6 Å². The Hall–Kier alpha value is -0.960. The van der Waals surface area contributed by atoms with Gasteiger partial charge in [-0.15, -0.1) is 11.6 Å². The summed E-state index contributed by atoms with van der Waals surface area (Å²) < 4.78 is 5.64. The van der Waals surface area contributed by atoms with Gasteiger partial charge in [-0.25, -0.2) is 4.98 Å². The Morgan fingerprint density at radius 2 is 2.41 bits per heavy atom. The number of halogens is 1. The van der Waals surface area contributed by atoms with Crippen molar-refractivity contribution in [1.29, 1.82) is 0 Å². The highest BCUT2D eigenvalue weighted by Crippen LogP contribution is 2.31. The van der Waals surface area contributed by atoms with Gasteiger partial charge in [-0.3, -0.25) is 0 Å². The SMILES string of the molecule is CCOc1cccnc1N1CCCCC1CCl. The Morgan fingerprint density at radius 1 is 1.53 bits per heavy atom. The zero-order valence-electron chi connectivity index (χ0n) is 10.2. The van der Waals surface area contributed by atoms with Crippen LogP contribution in [0.2, 0.25) is 0 Å². The lowest BCUT2D eigenvalue weighted by molar-refractivity contribution is 0.336. The quantitative estimate of drug-likeness (QED) is 0.773. The fourth-order valence-electron chi connectivity index (χ4n) is 2.31. The molecule has 17 heavy (non-hydrogen) atoms. The van der Waals surface area contributed by atoms with Crippen molar-refractivity contribution in [2.45, 2.75) is 32.2 Å². The molecule has 2 rings (SSSR count). The topological polar surface area (TPSA) is 25.4 Å². The zero-order valence-corrected chi connectivity index (χ0v) is 11.0. The molecule has 1 atom stereocenters. The van der Waals surface area contributed by atoms with Crippen LogP contribution < -0.4 is 9.64 Å². The molecule has 0 N–H and O–H groups in total. The maximum atomic E-state index is 6.04.